The third kappa shape index (κ3) is 538. The van der Waals surface area contributed by atoms with Crippen LogP contribution in [-0.4, -0.2) is 27.4 Å². The zero-order valence-corrected chi connectivity index (χ0v) is 17.5. The first-order valence-electron chi connectivity index (χ1n) is 3.59. The molecule has 0 aromatic heterocycles. The summed E-state index contributed by atoms with van der Waals surface area (Å²) in [6.45, 7) is 6.18. The minimum atomic E-state index is -0.931. The Morgan fingerprint density at radius 2 is 1.10 bits per heavy atom. The second-order valence-corrected chi connectivity index (χ2v) is 2.61. The second-order valence-electron chi connectivity index (χ2n) is 2.61. The zero-order valence-electron chi connectivity index (χ0n) is 13.5. The summed E-state index contributed by atoms with van der Waals surface area (Å²) in [6.07, 6.45) is 21.8. The van der Waals surface area contributed by atoms with Gasteiger partial charge in [0.25, 0.3) is 0 Å². The molecule has 0 spiro atoms. The van der Waals surface area contributed by atoms with E-state index in [2.05, 4.69) is 25.2 Å². The summed E-state index contributed by atoms with van der Waals surface area (Å²) in [5, 5.41) is 8.59. The van der Waals surface area contributed by atoms with Crippen LogP contribution in [0.2, 0.25) is 0 Å². The normalized spacial score (nSPS) is 4.60. The van der Waals surface area contributed by atoms with Gasteiger partial charge in [0.1, 0.15) is 11.4 Å². The number of ketones is 1. The Labute approximate surface area is 168 Å². The Balaban J connectivity index is -0.00000000820. The molecule has 0 aliphatic rings. The van der Waals surface area contributed by atoms with Crippen LogP contribution in [0.4, 0.5) is 0 Å². The van der Waals surface area contributed by atoms with Crippen LogP contribution >= 0.6 is 0 Å². The summed E-state index contributed by atoms with van der Waals surface area (Å²) in [6, 6.07) is 0. The fourth-order valence-electron chi connectivity index (χ4n) is 0. The number of hydrogen-bond donors (Lipinski definition) is 3. The largest absolute Gasteiger partial charge is 1.00 e. The van der Waals surface area contributed by atoms with Crippen molar-refractivity contribution in [3.05, 3.63) is 6.42 Å². The summed E-state index contributed by atoms with van der Waals surface area (Å²) in [5.41, 5.74) is -0.931. The van der Waals surface area contributed by atoms with Crippen LogP contribution in [-0.2, 0) is 4.79 Å². The molecule has 0 amide bonds. The Hall–Kier alpha value is 0.150. The number of terminal acetylenes is 3. The molecule has 0 aliphatic carbocycles. The number of carbonyl (C=O) groups excluding carboxylic acids is 1. The van der Waals surface area contributed by atoms with E-state index in [9.17, 15) is 4.79 Å². The van der Waals surface area contributed by atoms with Crippen LogP contribution < -0.4 is 71.4 Å². The monoisotopic (exact) mass is 307 g/mol. The summed E-state index contributed by atoms with van der Waals surface area (Å²) in [5.74, 6) is 2.33. The molecule has 9 N–H and O–H groups in total. The molecule has 0 fully saturated rings. The molecule has 0 aromatic rings. The Morgan fingerprint density at radius 3 is 1.10 bits per heavy atom. The van der Waals surface area contributed by atoms with E-state index in [0.717, 1.165) is 0 Å². The van der Waals surface area contributed by atoms with Crippen molar-refractivity contribution in [2.45, 2.75) is 33.3 Å². The third-order valence-electron chi connectivity index (χ3n) is 0.353. The smallest absolute Gasteiger partial charge is 0.870 e. The van der Waals surface area contributed by atoms with E-state index in [0.29, 0.717) is 0 Å². The van der Waals surface area contributed by atoms with E-state index in [4.69, 9.17) is 18.0 Å². The van der Waals surface area contributed by atoms with Gasteiger partial charge in [-0.15, -0.1) is 19.3 Å². The fraction of sp³-hybridized carbons (Fsp3) is 0.417. The van der Waals surface area contributed by atoms with Gasteiger partial charge in [-0.2, -0.15) is 0 Å². The molecule has 0 aromatic carbocycles. The van der Waals surface area contributed by atoms with Crippen LogP contribution in [0, 0.1) is 38.0 Å². The maximum Gasteiger partial charge on any atom is 1.00 e. The molecular formula is C12H25N2Na2O4-. The van der Waals surface area contributed by atoms with E-state index in [1.807, 2.05) is 0 Å². The topological polar surface area (TPSA) is 167 Å². The van der Waals surface area contributed by atoms with Crippen molar-refractivity contribution in [2.75, 3.05) is 0 Å². The van der Waals surface area contributed by atoms with Crippen LogP contribution in [0.25, 0.3) is 0 Å². The van der Waals surface area contributed by atoms with Crippen LogP contribution in [0.15, 0.2) is 0 Å². The molecule has 8 heteroatoms. The van der Waals surface area contributed by atoms with E-state index in [1.54, 1.807) is 13.8 Å². The molecule has 6 nitrogen and oxygen atoms in total. The van der Waals surface area contributed by atoms with Gasteiger partial charge in [0.15, 0.2) is 0 Å². The van der Waals surface area contributed by atoms with Gasteiger partial charge in [0.05, 0.1) is 0 Å². The van der Waals surface area contributed by atoms with Crippen molar-refractivity contribution in [2.24, 2.45) is 0 Å². The fourth-order valence-corrected chi connectivity index (χ4v) is 0. The molecule has 0 radical (unpaired) electrons. The first-order valence-corrected chi connectivity index (χ1v) is 3.59. The number of aliphatic hydroxyl groups is 1. The molecule has 0 saturated heterocycles. The first kappa shape index (κ1) is 71.7. The van der Waals surface area contributed by atoms with E-state index < -0.39 is 5.60 Å². The van der Waals surface area contributed by atoms with Crippen molar-refractivity contribution >= 4 is 5.78 Å². The number of carbonyl (C=O) groups is 1. The maximum atomic E-state index is 9.44. The zero-order chi connectivity index (χ0) is 12.8. The van der Waals surface area contributed by atoms with Gasteiger partial charge in [-0.05, 0) is 27.7 Å². The average Bonchev–Trinajstić information content (AvgIpc) is 2.09. The van der Waals surface area contributed by atoms with Gasteiger partial charge < -0.3 is 46.0 Å². The standard InChI is InChI=1S/C5H8O.C3H6O.C2H2.C2H.2H3N.2Na.2H2O/c1-4-5(2,3)6;1-3(2)4;2*1-2;;;;;;/h1,6H,2-3H3;1-2H3;1-2H;1H;2*1H3;;;2*1H2/q;;;-1;;;2*+1;;/p-2. The van der Waals surface area contributed by atoms with E-state index >= 15 is 0 Å². The average molecular weight is 307 g/mol. The quantitative estimate of drug-likeness (QED) is 0.231. The molecule has 0 heterocycles. The number of Topliss-reactive ketones (excluding diaryl/α,β-unsaturated/α-hetero) is 1. The predicted octanol–water partition coefficient (Wildman–Crippen LogP) is -4.58. The van der Waals surface area contributed by atoms with Crippen molar-refractivity contribution in [1.29, 1.82) is 0 Å². The first-order chi connectivity index (χ1) is 6.29. The van der Waals surface area contributed by atoms with Crippen molar-refractivity contribution in [3.63, 3.8) is 0 Å². The summed E-state index contributed by atoms with van der Waals surface area (Å²) in [4.78, 5) is 9.44. The van der Waals surface area contributed by atoms with Gasteiger partial charge in [-0.1, -0.05) is 5.92 Å². The molecule has 0 aliphatic heterocycles. The van der Waals surface area contributed by atoms with Crippen molar-refractivity contribution in [1.82, 2.24) is 12.3 Å². The molecule has 0 unspecified atom stereocenters. The van der Waals surface area contributed by atoms with E-state index in [-0.39, 0.29) is 88.2 Å². The van der Waals surface area contributed by atoms with Gasteiger partial charge in [0.2, 0.25) is 0 Å². The Morgan fingerprint density at radius 1 is 1.05 bits per heavy atom. The van der Waals surface area contributed by atoms with Crippen LogP contribution in [0.5, 0.6) is 0 Å². The van der Waals surface area contributed by atoms with Gasteiger partial charge in [0, 0.05) is 0 Å². The molecular weight excluding hydrogens is 282 g/mol. The van der Waals surface area contributed by atoms with Gasteiger partial charge in [-0.3, -0.25) is 0 Å². The molecule has 110 valence electrons. The predicted molar refractivity (Wildman–Crippen MR) is 73.5 cm³/mol. The van der Waals surface area contributed by atoms with Crippen LogP contribution in [0.1, 0.15) is 27.7 Å². The number of rotatable bonds is 0. The van der Waals surface area contributed by atoms with Gasteiger partial charge >= 0.3 is 59.1 Å². The maximum absolute atomic E-state index is 9.44. The van der Waals surface area contributed by atoms with Crippen molar-refractivity contribution < 1.29 is 80.0 Å². The summed E-state index contributed by atoms with van der Waals surface area (Å²) < 4.78 is 0. The summed E-state index contributed by atoms with van der Waals surface area (Å²) in [7, 11) is 0. The minimum absolute atomic E-state index is 0. The second kappa shape index (κ2) is 61.2. The molecule has 0 rings (SSSR count). The summed E-state index contributed by atoms with van der Waals surface area (Å²) >= 11 is 0. The number of hydrogen-bond acceptors (Lipinski definition) is 6. The van der Waals surface area contributed by atoms with Gasteiger partial charge in [-0.25, -0.2) is 0 Å². The Bertz CT molecular complexity index is 209. The van der Waals surface area contributed by atoms with Crippen molar-refractivity contribution in [3.8, 4) is 31.6 Å². The molecule has 0 atom stereocenters. The molecule has 0 saturated carbocycles. The molecule has 20 heavy (non-hydrogen) atoms. The van der Waals surface area contributed by atoms with E-state index in [1.165, 1.54) is 13.8 Å². The third-order valence-corrected chi connectivity index (χ3v) is 0.353. The minimum Gasteiger partial charge on any atom is -0.870 e. The Kier molecular flexibility index (Phi) is 220. The molecule has 0 bridgehead atoms. The SMILES string of the molecule is C#C.C#CC(C)(C)O.CC(C)=O.N.N.[C-]#C.[Na+].[Na+].[OH-].[OH-]. The van der Waals surface area contributed by atoms with Crippen LogP contribution in [0.3, 0.4) is 0 Å².